The van der Waals surface area contributed by atoms with Gasteiger partial charge in [-0.05, 0) is 36.8 Å². The lowest BCUT2D eigenvalue weighted by atomic mass is 10.2. The zero-order valence-corrected chi connectivity index (χ0v) is 14.6. The smallest absolute Gasteiger partial charge is 0.319 e. The Morgan fingerprint density at radius 1 is 1.32 bits per heavy atom. The van der Waals surface area contributed by atoms with Gasteiger partial charge in [-0.3, -0.25) is 5.41 Å². The van der Waals surface area contributed by atoms with Crippen molar-refractivity contribution in [2.75, 3.05) is 0 Å². The average molecular weight is 385 g/mol. The maximum Gasteiger partial charge on any atom is 0.319 e. The number of benzene rings is 2. The summed E-state index contributed by atoms with van der Waals surface area (Å²) in [6.45, 7) is 1.80. The Hall–Kier alpha value is -2.49. The molecule has 0 aromatic heterocycles. The summed E-state index contributed by atoms with van der Waals surface area (Å²) in [5.41, 5.74) is 6.41. The van der Waals surface area contributed by atoms with Crippen molar-refractivity contribution in [3.8, 4) is 0 Å². The second kappa shape index (κ2) is 7.60. The summed E-state index contributed by atoms with van der Waals surface area (Å²) < 4.78 is 42.5. The van der Waals surface area contributed by atoms with Crippen molar-refractivity contribution in [1.82, 2.24) is 5.17 Å². The molecule has 0 bridgehead atoms. The molecule has 0 radical (unpaired) electrons. The van der Waals surface area contributed by atoms with Crippen molar-refractivity contribution in [3.63, 3.8) is 0 Å². The maximum absolute atomic E-state index is 13.4. The first-order valence-electron chi connectivity index (χ1n) is 6.83. The standard InChI is InChI=1S/C15H14ClFN4O3S/c1-10-2-5-12(6-3-10)25(22,23)24-21(15(18)19)20-9-11-4-7-13(16)14(17)8-11/h2-9H,1H3,(H3,18,19). The molecule has 2 aromatic carbocycles. The van der Waals surface area contributed by atoms with E-state index in [1.165, 1.54) is 24.3 Å². The molecule has 0 heterocycles. The Balaban J connectivity index is 2.23. The van der Waals surface area contributed by atoms with Gasteiger partial charge in [0, 0.05) is 0 Å². The number of hydroxylamine groups is 1. The monoisotopic (exact) mass is 384 g/mol. The molecule has 0 saturated heterocycles. The SMILES string of the molecule is Cc1ccc(S(=O)(=O)ON(N=Cc2ccc(Cl)c(F)c2)C(=N)N)cc1. The molecule has 0 unspecified atom stereocenters. The Labute approximate surface area is 149 Å². The van der Waals surface area contributed by atoms with Crippen LogP contribution in [0.2, 0.25) is 5.02 Å². The molecular weight excluding hydrogens is 371 g/mol. The van der Waals surface area contributed by atoms with E-state index in [1.807, 2.05) is 0 Å². The number of nitrogens with two attached hydrogens (primary N) is 1. The van der Waals surface area contributed by atoms with E-state index >= 15 is 0 Å². The van der Waals surface area contributed by atoms with E-state index in [1.54, 1.807) is 19.1 Å². The van der Waals surface area contributed by atoms with Crippen molar-refractivity contribution in [3.05, 3.63) is 64.4 Å². The van der Waals surface area contributed by atoms with Gasteiger partial charge in [-0.15, -0.1) is 9.39 Å². The van der Waals surface area contributed by atoms with Gasteiger partial charge in [0.05, 0.1) is 16.1 Å². The van der Waals surface area contributed by atoms with Crippen LogP contribution in [0.5, 0.6) is 0 Å². The van der Waals surface area contributed by atoms with Gasteiger partial charge in [-0.25, -0.2) is 4.39 Å². The van der Waals surface area contributed by atoms with Crippen molar-refractivity contribution in [1.29, 1.82) is 5.41 Å². The molecule has 0 aliphatic heterocycles. The molecule has 0 atom stereocenters. The fourth-order valence-electron chi connectivity index (χ4n) is 1.67. The summed E-state index contributed by atoms with van der Waals surface area (Å²) in [4.78, 5) is -0.128. The second-order valence-corrected chi connectivity index (χ2v) is 6.85. The van der Waals surface area contributed by atoms with E-state index in [9.17, 15) is 12.8 Å². The van der Waals surface area contributed by atoms with E-state index in [0.717, 1.165) is 17.8 Å². The summed E-state index contributed by atoms with van der Waals surface area (Å²) in [5, 5.41) is 11.3. The zero-order chi connectivity index (χ0) is 18.6. The number of hydrogen-bond donors (Lipinski definition) is 2. The van der Waals surface area contributed by atoms with Gasteiger partial charge in [0.2, 0.25) is 5.96 Å². The van der Waals surface area contributed by atoms with Crippen LogP contribution in [-0.4, -0.2) is 25.8 Å². The highest BCUT2D eigenvalue weighted by Gasteiger charge is 2.21. The van der Waals surface area contributed by atoms with Gasteiger partial charge in [-0.1, -0.05) is 40.5 Å². The molecule has 3 N–H and O–H groups in total. The van der Waals surface area contributed by atoms with Gasteiger partial charge in [0.1, 0.15) is 5.82 Å². The third-order valence-electron chi connectivity index (χ3n) is 2.94. The van der Waals surface area contributed by atoms with E-state index < -0.39 is 21.9 Å². The van der Waals surface area contributed by atoms with Crippen molar-refractivity contribution in [2.45, 2.75) is 11.8 Å². The minimum Gasteiger partial charge on any atom is -0.367 e. The van der Waals surface area contributed by atoms with E-state index in [0.29, 0.717) is 5.17 Å². The first kappa shape index (κ1) is 18.8. The molecular formula is C15H14ClFN4O3S. The van der Waals surface area contributed by atoms with Crippen LogP contribution in [0.25, 0.3) is 0 Å². The summed E-state index contributed by atoms with van der Waals surface area (Å²) in [6, 6.07) is 9.71. The molecule has 0 saturated carbocycles. The van der Waals surface area contributed by atoms with Crippen LogP contribution in [0.1, 0.15) is 11.1 Å². The van der Waals surface area contributed by atoms with Crippen LogP contribution in [0.3, 0.4) is 0 Å². The number of nitrogens with one attached hydrogen (secondary N) is 1. The number of aryl methyl sites for hydroxylation is 1. The largest absolute Gasteiger partial charge is 0.367 e. The molecule has 2 aromatic rings. The molecule has 25 heavy (non-hydrogen) atoms. The van der Waals surface area contributed by atoms with E-state index in [2.05, 4.69) is 5.10 Å². The molecule has 0 aliphatic carbocycles. The highest BCUT2D eigenvalue weighted by Crippen LogP contribution is 2.16. The first-order valence-corrected chi connectivity index (χ1v) is 8.62. The Morgan fingerprint density at radius 3 is 2.52 bits per heavy atom. The van der Waals surface area contributed by atoms with Crippen LogP contribution in [-0.2, 0) is 14.4 Å². The number of guanidine groups is 1. The minimum atomic E-state index is -4.24. The van der Waals surface area contributed by atoms with Crippen LogP contribution in [0.4, 0.5) is 4.39 Å². The molecule has 0 amide bonds. The fraction of sp³-hybridized carbons (Fsp3) is 0.0667. The van der Waals surface area contributed by atoms with Gasteiger partial charge in [0.25, 0.3) is 0 Å². The number of nitrogens with zero attached hydrogens (tertiary/aromatic N) is 2. The highest BCUT2D eigenvalue weighted by molar-refractivity contribution is 7.86. The third kappa shape index (κ3) is 4.99. The van der Waals surface area contributed by atoms with Gasteiger partial charge in [-0.2, -0.15) is 8.42 Å². The number of rotatable bonds is 5. The summed E-state index contributed by atoms with van der Waals surface area (Å²) in [7, 11) is -4.24. The maximum atomic E-state index is 13.4. The topological polar surface area (TPSA) is 109 Å². The molecule has 0 spiro atoms. The van der Waals surface area contributed by atoms with Crippen molar-refractivity contribution < 1.29 is 17.1 Å². The zero-order valence-electron chi connectivity index (χ0n) is 13.0. The van der Waals surface area contributed by atoms with Crippen LogP contribution >= 0.6 is 11.6 Å². The summed E-state index contributed by atoms with van der Waals surface area (Å²) in [6.07, 6.45) is 1.07. The third-order valence-corrected chi connectivity index (χ3v) is 4.43. The van der Waals surface area contributed by atoms with E-state index in [4.69, 9.17) is 27.0 Å². The molecule has 7 nitrogen and oxygen atoms in total. The Morgan fingerprint density at radius 2 is 1.96 bits per heavy atom. The quantitative estimate of drug-likeness (QED) is 0.468. The predicted octanol–water partition coefficient (Wildman–Crippen LogP) is 2.64. The molecule has 132 valence electrons. The van der Waals surface area contributed by atoms with Crippen molar-refractivity contribution >= 4 is 33.9 Å². The predicted molar refractivity (Wildman–Crippen MR) is 92.2 cm³/mol. The molecule has 0 aliphatic rings. The average Bonchev–Trinajstić information content (AvgIpc) is 2.54. The van der Waals surface area contributed by atoms with Gasteiger partial charge >= 0.3 is 10.1 Å². The summed E-state index contributed by atoms with van der Waals surface area (Å²) in [5.74, 6) is -1.45. The number of halogens is 2. The fourth-order valence-corrected chi connectivity index (χ4v) is 2.65. The minimum absolute atomic E-state index is 0.0706. The Bertz CT molecular complexity index is 917. The van der Waals surface area contributed by atoms with Crippen molar-refractivity contribution in [2.24, 2.45) is 10.8 Å². The lowest BCUT2D eigenvalue weighted by Gasteiger charge is -2.15. The Kier molecular flexibility index (Phi) is 5.73. The van der Waals surface area contributed by atoms with Crippen LogP contribution < -0.4 is 5.73 Å². The molecule has 10 heteroatoms. The summed E-state index contributed by atoms with van der Waals surface area (Å²) >= 11 is 5.57. The van der Waals surface area contributed by atoms with Gasteiger partial charge in [0.15, 0.2) is 0 Å². The normalized spacial score (nSPS) is 11.6. The molecule has 0 fully saturated rings. The van der Waals surface area contributed by atoms with Crippen LogP contribution in [0.15, 0.2) is 52.5 Å². The van der Waals surface area contributed by atoms with Crippen LogP contribution in [0, 0.1) is 18.2 Å². The molecule has 2 rings (SSSR count). The highest BCUT2D eigenvalue weighted by atomic mass is 35.5. The first-order chi connectivity index (χ1) is 11.7. The lowest BCUT2D eigenvalue weighted by Crippen LogP contribution is -2.34. The van der Waals surface area contributed by atoms with E-state index in [-0.39, 0.29) is 15.5 Å². The number of hydrogen-bond acceptors (Lipinski definition) is 5. The van der Waals surface area contributed by atoms with Gasteiger partial charge < -0.3 is 5.73 Å². The lowest BCUT2D eigenvalue weighted by molar-refractivity contribution is 0.0284. The number of hydrazone groups is 1. The second-order valence-electron chi connectivity index (χ2n) is 4.92.